The molecule has 1 amide bonds. The molecular formula is C11H15NO2S. The zero-order chi connectivity index (χ0) is 10.8. The molecule has 0 radical (unpaired) electrons. The van der Waals surface area contributed by atoms with Gasteiger partial charge < -0.3 is 10.0 Å². The van der Waals surface area contributed by atoms with Gasteiger partial charge in [0.15, 0.2) is 0 Å². The maximum atomic E-state index is 12.1. The number of aliphatic hydroxyl groups excluding tert-OH is 1. The van der Waals surface area contributed by atoms with Gasteiger partial charge >= 0.3 is 0 Å². The van der Waals surface area contributed by atoms with Crippen LogP contribution in [0.15, 0.2) is 12.1 Å². The van der Waals surface area contributed by atoms with E-state index in [9.17, 15) is 4.79 Å². The summed E-state index contributed by atoms with van der Waals surface area (Å²) in [6.45, 7) is 2.85. The number of carbonyl (C=O) groups excluding carboxylic acids is 1. The zero-order valence-corrected chi connectivity index (χ0v) is 9.59. The number of carbonyl (C=O) groups is 1. The van der Waals surface area contributed by atoms with E-state index in [2.05, 4.69) is 0 Å². The Morgan fingerprint density at radius 2 is 2.47 bits per heavy atom. The second-order valence-corrected chi connectivity index (χ2v) is 5.18. The van der Waals surface area contributed by atoms with Gasteiger partial charge in [-0.25, -0.2) is 0 Å². The van der Waals surface area contributed by atoms with Crippen molar-refractivity contribution in [3.8, 4) is 0 Å². The standard InChI is InChI=1S/C11H15NO2S/c1-8-4-5-10(15-8)11(14)12-6-2-3-9(12)7-13/h4-5,9,13H,2-3,6-7H2,1H3. The minimum atomic E-state index is 0.0277. The summed E-state index contributed by atoms with van der Waals surface area (Å²) in [7, 11) is 0. The first-order chi connectivity index (χ1) is 7.22. The van der Waals surface area contributed by atoms with E-state index in [1.807, 2.05) is 19.1 Å². The number of aryl methyl sites for hydroxylation is 1. The van der Waals surface area contributed by atoms with Crippen molar-refractivity contribution in [3.05, 3.63) is 21.9 Å². The van der Waals surface area contributed by atoms with Gasteiger partial charge in [-0.1, -0.05) is 0 Å². The van der Waals surface area contributed by atoms with Gasteiger partial charge in [-0.2, -0.15) is 0 Å². The molecule has 1 unspecified atom stereocenters. The Morgan fingerprint density at radius 3 is 3.07 bits per heavy atom. The molecule has 1 aromatic rings. The van der Waals surface area contributed by atoms with Gasteiger partial charge in [0.1, 0.15) is 0 Å². The molecule has 15 heavy (non-hydrogen) atoms. The van der Waals surface area contributed by atoms with Crippen LogP contribution >= 0.6 is 11.3 Å². The average molecular weight is 225 g/mol. The number of rotatable bonds is 2. The Balaban J connectivity index is 2.13. The van der Waals surface area contributed by atoms with Gasteiger partial charge in [-0.3, -0.25) is 4.79 Å². The van der Waals surface area contributed by atoms with Gasteiger partial charge in [0, 0.05) is 11.4 Å². The lowest BCUT2D eigenvalue weighted by atomic mass is 10.2. The number of amides is 1. The lowest BCUT2D eigenvalue weighted by Crippen LogP contribution is -2.37. The average Bonchev–Trinajstić information content (AvgIpc) is 2.84. The van der Waals surface area contributed by atoms with E-state index < -0.39 is 0 Å². The molecule has 0 saturated carbocycles. The van der Waals surface area contributed by atoms with Crippen molar-refractivity contribution < 1.29 is 9.90 Å². The van der Waals surface area contributed by atoms with E-state index >= 15 is 0 Å². The number of likely N-dealkylation sites (tertiary alicyclic amines) is 1. The van der Waals surface area contributed by atoms with Crippen LogP contribution in [0.4, 0.5) is 0 Å². The van der Waals surface area contributed by atoms with E-state index in [-0.39, 0.29) is 18.6 Å². The van der Waals surface area contributed by atoms with E-state index in [1.54, 1.807) is 4.90 Å². The summed E-state index contributed by atoms with van der Waals surface area (Å²) in [5.74, 6) is 0.0738. The summed E-state index contributed by atoms with van der Waals surface area (Å²) in [5.41, 5.74) is 0. The van der Waals surface area contributed by atoms with Crippen LogP contribution in [0.3, 0.4) is 0 Å². The maximum Gasteiger partial charge on any atom is 0.264 e. The second-order valence-electron chi connectivity index (χ2n) is 3.89. The Hall–Kier alpha value is -0.870. The van der Waals surface area contributed by atoms with Crippen LogP contribution in [0.25, 0.3) is 0 Å². The molecule has 1 aliphatic rings. The van der Waals surface area contributed by atoms with Crippen molar-refractivity contribution in [2.45, 2.75) is 25.8 Å². The molecule has 82 valence electrons. The molecule has 4 heteroatoms. The molecule has 3 nitrogen and oxygen atoms in total. The van der Waals surface area contributed by atoms with E-state index in [4.69, 9.17) is 5.11 Å². The molecule has 1 N–H and O–H groups in total. The van der Waals surface area contributed by atoms with Gasteiger partial charge in [0.2, 0.25) is 0 Å². The fourth-order valence-electron chi connectivity index (χ4n) is 1.98. The second kappa shape index (κ2) is 4.33. The van der Waals surface area contributed by atoms with Crippen molar-refractivity contribution in [1.82, 2.24) is 4.90 Å². The zero-order valence-electron chi connectivity index (χ0n) is 8.77. The van der Waals surface area contributed by atoms with Crippen LogP contribution < -0.4 is 0 Å². The number of thiophene rings is 1. The Kier molecular flexibility index (Phi) is 3.07. The lowest BCUT2D eigenvalue weighted by Gasteiger charge is -2.22. The summed E-state index contributed by atoms with van der Waals surface area (Å²) in [6, 6.07) is 3.86. The van der Waals surface area contributed by atoms with Crippen molar-refractivity contribution in [2.24, 2.45) is 0 Å². The smallest absolute Gasteiger partial charge is 0.264 e. The summed E-state index contributed by atoms with van der Waals surface area (Å²) < 4.78 is 0. The van der Waals surface area contributed by atoms with Crippen LogP contribution in [0.1, 0.15) is 27.4 Å². The predicted octanol–water partition coefficient (Wildman–Crippen LogP) is 1.65. The number of nitrogens with zero attached hydrogens (tertiary/aromatic N) is 1. The first-order valence-electron chi connectivity index (χ1n) is 5.20. The Labute approximate surface area is 93.3 Å². The molecule has 1 saturated heterocycles. The molecule has 1 aromatic heterocycles. The summed E-state index contributed by atoms with van der Waals surface area (Å²) in [4.78, 5) is 15.8. The Morgan fingerprint density at radius 1 is 1.67 bits per heavy atom. The summed E-state index contributed by atoms with van der Waals surface area (Å²) >= 11 is 1.52. The Bertz CT molecular complexity index is 361. The third kappa shape index (κ3) is 2.06. The first-order valence-corrected chi connectivity index (χ1v) is 6.02. The summed E-state index contributed by atoms with van der Waals surface area (Å²) in [5, 5.41) is 9.15. The largest absolute Gasteiger partial charge is 0.394 e. The maximum absolute atomic E-state index is 12.1. The van der Waals surface area contributed by atoms with Gasteiger partial charge in [0.25, 0.3) is 5.91 Å². The number of aliphatic hydroxyl groups is 1. The molecule has 0 aliphatic carbocycles. The molecule has 0 bridgehead atoms. The summed E-state index contributed by atoms with van der Waals surface area (Å²) in [6.07, 6.45) is 1.92. The number of hydrogen-bond donors (Lipinski definition) is 1. The molecule has 1 fully saturated rings. The quantitative estimate of drug-likeness (QED) is 0.831. The lowest BCUT2D eigenvalue weighted by molar-refractivity contribution is 0.0682. The van der Waals surface area contributed by atoms with E-state index in [0.29, 0.717) is 0 Å². The highest BCUT2D eigenvalue weighted by Crippen LogP contribution is 2.23. The van der Waals surface area contributed by atoms with Crippen molar-refractivity contribution in [3.63, 3.8) is 0 Å². The fraction of sp³-hybridized carbons (Fsp3) is 0.545. The molecule has 2 heterocycles. The monoisotopic (exact) mass is 225 g/mol. The molecule has 1 aliphatic heterocycles. The van der Waals surface area contributed by atoms with Crippen LogP contribution in [0.2, 0.25) is 0 Å². The van der Waals surface area contributed by atoms with Crippen molar-refractivity contribution in [1.29, 1.82) is 0 Å². The fourth-order valence-corrected chi connectivity index (χ4v) is 2.81. The minimum Gasteiger partial charge on any atom is -0.394 e. The normalized spacial score (nSPS) is 20.9. The van der Waals surface area contributed by atoms with Gasteiger partial charge in [0.05, 0.1) is 17.5 Å². The highest BCUT2D eigenvalue weighted by atomic mass is 32.1. The van der Waals surface area contributed by atoms with Crippen LogP contribution in [-0.4, -0.2) is 35.1 Å². The highest BCUT2D eigenvalue weighted by molar-refractivity contribution is 7.13. The van der Waals surface area contributed by atoms with E-state index in [0.717, 1.165) is 29.1 Å². The van der Waals surface area contributed by atoms with Gasteiger partial charge in [-0.15, -0.1) is 11.3 Å². The van der Waals surface area contributed by atoms with Crippen LogP contribution in [-0.2, 0) is 0 Å². The predicted molar refractivity (Wildman–Crippen MR) is 60.2 cm³/mol. The highest BCUT2D eigenvalue weighted by Gasteiger charge is 2.29. The van der Waals surface area contributed by atoms with E-state index in [1.165, 1.54) is 11.3 Å². The molecule has 1 atom stereocenters. The minimum absolute atomic E-state index is 0.0277. The van der Waals surface area contributed by atoms with Gasteiger partial charge in [-0.05, 0) is 31.9 Å². The third-order valence-electron chi connectivity index (χ3n) is 2.80. The molecule has 0 aromatic carbocycles. The topological polar surface area (TPSA) is 40.5 Å². The number of hydrogen-bond acceptors (Lipinski definition) is 3. The first kappa shape index (κ1) is 10.6. The van der Waals surface area contributed by atoms with Crippen LogP contribution in [0.5, 0.6) is 0 Å². The van der Waals surface area contributed by atoms with Crippen LogP contribution in [0, 0.1) is 6.92 Å². The third-order valence-corrected chi connectivity index (χ3v) is 3.79. The molecule has 2 rings (SSSR count). The molecule has 0 spiro atoms. The van der Waals surface area contributed by atoms with Crippen molar-refractivity contribution in [2.75, 3.05) is 13.2 Å². The SMILES string of the molecule is Cc1ccc(C(=O)N2CCCC2CO)s1. The van der Waals surface area contributed by atoms with Crippen molar-refractivity contribution >= 4 is 17.2 Å². The molecular weight excluding hydrogens is 210 g/mol.